The van der Waals surface area contributed by atoms with Crippen LogP contribution in [0.4, 0.5) is 20.3 Å². The van der Waals surface area contributed by atoms with E-state index >= 15 is 0 Å². The molecule has 0 saturated heterocycles. The van der Waals surface area contributed by atoms with Gasteiger partial charge in [0.25, 0.3) is 0 Å². The molecule has 0 spiro atoms. The second kappa shape index (κ2) is 3.82. The molecule has 0 aromatic carbocycles. The molecular formula is C6H4BrF2N3O2. The normalized spacial score (nSPS) is 10.6. The first-order valence-corrected chi connectivity index (χ1v) is 4.11. The molecule has 8 heteroatoms. The highest BCUT2D eigenvalue weighted by Gasteiger charge is 2.24. The fraction of sp³-hybridized carbons (Fsp3) is 0.167. The fourth-order valence-corrected chi connectivity index (χ4v) is 1.17. The first-order chi connectivity index (χ1) is 6.43. The van der Waals surface area contributed by atoms with Gasteiger partial charge in [0.2, 0.25) is 5.69 Å². The molecule has 1 aromatic heterocycles. The number of nitro groups is 1. The molecule has 1 aromatic rings. The molecule has 0 amide bonds. The largest absolute Gasteiger partial charge is 0.397 e. The third-order valence-corrected chi connectivity index (χ3v) is 2.26. The number of nitrogens with zero attached hydrogens (tertiary/aromatic N) is 2. The summed E-state index contributed by atoms with van der Waals surface area (Å²) in [7, 11) is 0. The quantitative estimate of drug-likeness (QED) is 0.658. The lowest BCUT2D eigenvalue weighted by molar-refractivity contribution is -0.389. The van der Waals surface area contributed by atoms with Crippen LogP contribution in [0.15, 0.2) is 10.5 Å². The molecule has 1 rings (SSSR count). The van der Waals surface area contributed by atoms with Crippen molar-refractivity contribution >= 4 is 27.4 Å². The number of pyridine rings is 1. The van der Waals surface area contributed by atoms with Gasteiger partial charge >= 0.3 is 12.2 Å². The standard InChI is InChI=1S/C6H4BrF2N3O2/c7-4-2(10)1-3(12(13)14)11-5(4)6(8)9/h1,6H,(H2,10,11). The van der Waals surface area contributed by atoms with E-state index in [1.807, 2.05) is 0 Å². The van der Waals surface area contributed by atoms with Crippen molar-refractivity contribution in [3.8, 4) is 0 Å². The zero-order valence-corrected chi connectivity index (χ0v) is 8.16. The Hall–Kier alpha value is -1.31. The van der Waals surface area contributed by atoms with Crippen molar-refractivity contribution in [2.24, 2.45) is 0 Å². The highest BCUT2D eigenvalue weighted by Crippen LogP contribution is 2.32. The minimum Gasteiger partial charge on any atom is -0.397 e. The summed E-state index contributed by atoms with van der Waals surface area (Å²) in [5.74, 6) is -0.694. The van der Waals surface area contributed by atoms with E-state index in [1.165, 1.54) is 0 Å². The number of nitrogens with two attached hydrogens (primary N) is 1. The maximum absolute atomic E-state index is 12.3. The molecule has 0 unspecified atom stereocenters. The number of halogens is 3. The predicted octanol–water partition coefficient (Wildman–Crippen LogP) is 2.27. The number of anilines is 1. The number of hydrogen-bond donors (Lipinski definition) is 1. The van der Waals surface area contributed by atoms with Gasteiger partial charge in [0.15, 0.2) is 0 Å². The Morgan fingerprint density at radius 1 is 1.64 bits per heavy atom. The summed E-state index contributed by atoms with van der Waals surface area (Å²) in [6.45, 7) is 0. The third kappa shape index (κ3) is 1.95. The molecule has 0 fully saturated rings. The van der Waals surface area contributed by atoms with Gasteiger partial charge in [0.05, 0.1) is 16.2 Å². The molecule has 0 aliphatic rings. The van der Waals surface area contributed by atoms with Gasteiger partial charge in [-0.25, -0.2) is 8.78 Å². The van der Waals surface area contributed by atoms with Gasteiger partial charge in [-0.15, -0.1) is 0 Å². The van der Waals surface area contributed by atoms with E-state index in [4.69, 9.17) is 5.73 Å². The lowest BCUT2D eigenvalue weighted by Gasteiger charge is -2.01. The minimum atomic E-state index is -2.91. The molecule has 1 heterocycles. The van der Waals surface area contributed by atoms with Crippen LogP contribution in [-0.4, -0.2) is 9.91 Å². The maximum Gasteiger partial charge on any atom is 0.366 e. The number of alkyl halides is 2. The van der Waals surface area contributed by atoms with Crippen LogP contribution in [0.2, 0.25) is 0 Å². The van der Waals surface area contributed by atoms with E-state index in [0.29, 0.717) is 0 Å². The Labute approximate surface area is 85.2 Å². The van der Waals surface area contributed by atoms with Gasteiger partial charge in [0.1, 0.15) is 0 Å². The summed E-state index contributed by atoms with van der Waals surface area (Å²) in [4.78, 5) is 12.5. The van der Waals surface area contributed by atoms with E-state index in [1.54, 1.807) is 0 Å². The number of nitrogen functional groups attached to an aromatic ring is 1. The average Bonchev–Trinajstić information content (AvgIpc) is 2.08. The molecule has 76 valence electrons. The van der Waals surface area contributed by atoms with Crippen LogP contribution in [0.5, 0.6) is 0 Å². The molecule has 0 saturated carbocycles. The van der Waals surface area contributed by atoms with Crippen LogP contribution < -0.4 is 5.73 Å². The van der Waals surface area contributed by atoms with Crippen molar-refractivity contribution in [3.05, 3.63) is 26.3 Å². The Morgan fingerprint density at radius 2 is 2.21 bits per heavy atom. The zero-order chi connectivity index (χ0) is 10.9. The minimum absolute atomic E-state index is 0.113. The Balaban J connectivity index is 3.35. The lowest BCUT2D eigenvalue weighted by Crippen LogP contribution is -2.01. The molecule has 5 nitrogen and oxygen atoms in total. The first-order valence-electron chi connectivity index (χ1n) is 3.32. The number of aromatic nitrogens is 1. The second-order valence-corrected chi connectivity index (χ2v) is 3.12. The van der Waals surface area contributed by atoms with Crippen LogP contribution in [0, 0.1) is 10.1 Å². The second-order valence-electron chi connectivity index (χ2n) is 2.33. The van der Waals surface area contributed by atoms with Gasteiger partial charge in [-0.2, -0.15) is 0 Å². The van der Waals surface area contributed by atoms with Gasteiger partial charge in [-0.1, -0.05) is 0 Å². The zero-order valence-electron chi connectivity index (χ0n) is 6.58. The van der Waals surface area contributed by atoms with Crippen molar-refractivity contribution in [1.29, 1.82) is 0 Å². The van der Waals surface area contributed by atoms with Crippen molar-refractivity contribution in [1.82, 2.24) is 4.98 Å². The van der Waals surface area contributed by atoms with Crippen LogP contribution in [0.25, 0.3) is 0 Å². The maximum atomic E-state index is 12.3. The summed E-state index contributed by atoms with van der Waals surface area (Å²) in [6, 6.07) is 0.913. The lowest BCUT2D eigenvalue weighted by atomic mass is 10.3. The third-order valence-electron chi connectivity index (χ3n) is 1.39. The SMILES string of the molecule is Nc1cc([N+](=O)[O-])nc(C(F)F)c1Br. The Kier molecular flexibility index (Phi) is 2.94. The van der Waals surface area contributed by atoms with E-state index < -0.39 is 22.9 Å². The highest BCUT2D eigenvalue weighted by molar-refractivity contribution is 9.10. The molecule has 2 N–H and O–H groups in total. The van der Waals surface area contributed by atoms with Crippen LogP contribution in [-0.2, 0) is 0 Å². The number of hydrogen-bond acceptors (Lipinski definition) is 4. The van der Waals surface area contributed by atoms with Crippen molar-refractivity contribution in [2.45, 2.75) is 6.43 Å². The molecule has 0 aliphatic carbocycles. The topological polar surface area (TPSA) is 82.0 Å². The van der Waals surface area contributed by atoms with Crippen LogP contribution in [0.1, 0.15) is 12.1 Å². The molecular weight excluding hydrogens is 264 g/mol. The monoisotopic (exact) mass is 267 g/mol. The smallest absolute Gasteiger partial charge is 0.366 e. The summed E-state index contributed by atoms with van der Waals surface area (Å²) >= 11 is 2.77. The van der Waals surface area contributed by atoms with Gasteiger partial charge in [-0.3, -0.25) is 0 Å². The highest BCUT2D eigenvalue weighted by atomic mass is 79.9. The Bertz CT molecular complexity index is 386. The van der Waals surface area contributed by atoms with Crippen molar-refractivity contribution < 1.29 is 13.7 Å². The van der Waals surface area contributed by atoms with Crippen molar-refractivity contribution in [2.75, 3.05) is 5.73 Å². The summed E-state index contributed by atoms with van der Waals surface area (Å²) < 4.78 is 24.4. The molecule has 14 heavy (non-hydrogen) atoms. The average molecular weight is 268 g/mol. The van der Waals surface area contributed by atoms with Crippen LogP contribution >= 0.6 is 15.9 Å². The molecule has 0 atom stereocenters. The summed E-state index contributed by atoms with van der Waals surface area (Å²) in [5, 5.41) is 10.3. The first kappa shape index (κ1) is 10.8. The molecule has 0 aliphatic heterocycles. The number of rotatable bonds is 2. The van der Waals surface area contributed by atoms with Crippen molar-refractivity contribution in [3.63, 3.8) is 0 Å². The van der Waals surface area contributed by atoms with E-state index in [9.17, 15) is 18.9 Å². The fourth-order valence-electron chi connectivity index (χ4n) is 0.793. The van der Waals surface area contributed by atoms with E-state index in [-0.39, 0.29) is 10.2 Å². The van der Waals surface area contributed by atoms with E-state index in [0.717, 1.165) is 6.07 Å². The Morgan fingerprint density at radius 3 is 2.64 bits per heavy atom. The van der Waals surface area contributed by atoms with Gasteiger partial charge < -0.3 is 15.8 Å². The predicted molar refractivity (Wildman–Crippen MR) is 48.0 cm³/mol. The van der Waals surface area contributed by atoms with Gasteiger partial charge in [0, 0.05) is 0 Å². The van der Waals surface area contributed by atoms with E-state index in [2.05, 4.69) is 20.9 Å². The molecule has 0 bridgehead atoms. The van der Waals surface area contributed by atoms with Gasteiger partial charge in [-0.05, 0) is 25.8 Å². The van der Waals surface area contributed by atoms with Crippen LogP contribution in [0.3, 0.4) is 0 Å². The molecule has 0 radical (unpaired) electrons. The summed E-state index contributed by atoms with van der Waals surface area (Å²) in [6.07, 6.45) is -2.91. The summed E-state index contributed by atoms with van der Waals surface area (Å²) in [5.41, 5.74) is 4.41.